The Morgan fingerprint density at radius 2 is 1.68 bits per heavy atom. The van der Waals surface area contributed by atoms with Crippen molar-refractivity contribution in [3.63, 3.8) is 0 Å². The van der Waals surface area contributed by atoms with Gasteiger partial charge in [0.1, 0.15) is 18.3 Å². The van der Waals surface area contributed by atoms with Crippen LogP contribution in [0.15, 0.2) is 83.8 Å². The van der Waals surface area contributed by atoms with Gasteiger partial charge in [-0.25, -0.2) is 8.42 Å². The smallest absolute Gasteiger partial charge is 0.264 e. The number of nitrogens with one attached hydrogen (secondary N) is 1. The highest BCUT2D eigenvalue weighted by atomic mass is 35.5. The molecule has 0 saturated heterocycles. The van der Waals surface area contributed by atoms with Crippen LogP contribution in [0.1, 0.15) is 19.4 Å². The van der Waals surface area contributed by atoms with Crippen molar-refractivity contribution in [1.82, 2.24) is 10.2 Å². The van der Waals surface area contributed by atoms with E-state index in [9.17, 15) is 18.0 Å². The number of sulfonamides is 1. The van der Waals surface area contributed by atoms with Crippen LogP contribution >= 0.6 is 11.6 Å². The van der Waals surface area contributed by atoms with Gasteiger partial charge in [-0.15, -0.1) is 0 Å². The number of rotatable bonds is 12. The molecular weight excluding hydrogens is 526 g/mol. The lowest BCUT2D eigenvalue weighted by Gasteiger charge is -2.32. The van der Waals surface area contributed by atoms with Crippen molar-refractivity contribution in [3.8, 4) is 5.75 Å². The number of benzene rings is 3. The van der Waals surface area contributed by atoms with E-state index in [-0.39, 0.29) is 23.0 Å². The topological polar surface area (TPSA) is 96.0 Å². The molecule has 0 saturated carbocycles. The Morgan fingerprint density at radius 3 is 2.29 bits per heavy atom. The maximum absolute atomic E-state index is 13.8. The zero-order valence-electron chi connectivity index (χ0n) is 21.6. The molecule has 1 N–H and O–H groups in total. The Labute approximate surface area is 229 Å². The van der Waals surface area contributed by atoms with Crippen molar-refractivity contribution in [2.75, 3.05) is 31.0 Å². The minimum atomic E-state index is -4.18. The van der Waals surface area contributed by atoms with E-state index in [1.165, 1.54) is 42.3 Å². The Morgan fingerprint density at radius 1 is 1.00 bits per heavy atom. The highest BCUT2D eigenvalue weighted by Gasteiger charge is 2.32. The van der Waals surface area contributed by atoms with E-state index in [1.807, 2.05) is 30.3 Å². The molecule has 3 aromatic rings. The second-order valence-corrected chi connectivity index (χ2v) is 10.9. The van der Waals surface area contributed by atoms with Gasteiger partial charge in [0.25, 0.3) is 10.0 Å². The number of anilines is 1. The molecule has 2 amide bonds. The molecule has 1 atom stereocenters. The van der Waals surface area contributed by atoms with Crippen LogP contribution in [0, 0.1) is 0 Å². The summed E-state index contributed by atoms with van der Waals surface area (Å²) in [5, 5.41) is 3.07. The number of hydrogen-bond acceptors (Lipinski definition) is 5. The minimum absolute atomic E-state index is 0.0151. The molecule has 0 aliphatic rings. The first kappa shape index (κ1) is 29.0. The molecule has 8 nitrogen and oxygen atoms in total. The summed E-state index contributed by atoms with van der Waals surface area (Å²) in [7, 11) is -2.69. The van der Waals surface area contributed by atoms with Crippen LogP contribution in [-0.2, 0) is 26.0 Å². The summed E-state index contributed by atoms with van der Waals surface area (Å²) in [5.74, 6) is -0.338. The molecule has 3 aromatic carbocycles. The van der Waals surface area contributed by atoms with E-state index >= 15 is 0 Å². The monoisotopic (exact) mass is 557 g/mol. The summed E-state index contributed by atoms with van der Waals surface area (Å²) >= 11 is 6.18. The van der Waals surface area contributed by atoms with Crippen molar-refractivity contribution in [2.45, 2.75) is 31.2 Å². The number of carbonyl (C=O) groups is 2. The van der Waals surface area contributed by atoms with Gasteiger partial charge in [-0.2, -0.15) is 0 Å². The summed E-state index contributed by atoms with van der Waals surface area (Å²) in [5.41, 5.74) is 1.22. The average Bonchev–Trinajstić information content (AvgIpc) is 2.92. The van der Waals surface area contributed by atoms with Gasteiger partial charge >= 0.3 is 0 Å². The molecule has 0 aliphatic carbocycles. The third kappa shape index (κ3) is 7.26. The average molecular weight is 558 g/mol. The molecule has 0 aromatic heterocycles. The van der Waals surface area contributed by atoms with Gasteiger partial charge in [-0.05, 0) is 68.3 Å². The summed E-state index contributed by atoms with van der Waals surface area (Å²) < 4.78 is 33.7. The number of ether oxygens (including phenoxy) is 1. The fourth-order valence-electron chi connectivity index (χ4n) is 3.93. The van der Waals surface area contributed by atoms with E-state index in [1.54, 1.807) is 32.0 Å². The van der Waals surface area contributed by atoms with E-state index in [0.717, 1.165) is 9.87 Å². The maximum Gasteiger partial charge on any atom is 0.264 e. The lowest BCUT2D eigenvalue weighted by molar-refractivity contribution is -0.138. The second-order valence-electron chi connectivity index (χ2n) is 8.56. The predicted octanol–water partition coefficient (Wildman–Crippen LogP) is 4.14. The summed E-state index contributed by atoms with van der Waals surface area (Å²) in [6, 6.07) is 21.0. The Hall–Kier alpha value is -3.56. The van der Waals surface area contributed by atoms with E-state index in [4.69, 9.17) is 16.3 Å². The van der Waals surface area contributed by atoms with Gasteiger partial charge in [0.2, 0.25) is 11.8 Å². The fraction of sp³-hybridized carbons (Fsp3) is 0.286. The lowest BCUT2D eigenvalue weighted by Crippen LogP contribution is -2.52. The van der Waals surface area contributed by atoms with E-state index in [2.05, 4.69) is 5.32 Å². The summed E-state index contributed by atoms with van der Waals surface area (Å²) in [6.45, 7) is 3.55. The molecule has 0 spiro atoms. The Balaban J connectivity index is 1.97. The van der Waals surface area contributed by atoms with Crippen molar-refractivity contribution in [3.05, 3.63) is 89.4 Å². The van der Waals surface area contributed by atoms with Crippen LogP contribution in [0.25, 0.3) is 0 Å². The molecule has 0 bridgehead atoms. The molecule has 10 heteroatoms. The number of halogens is 1. The quantitative estimate of drug-likeness (QED) is 0.361. The van der Waals surface area contributed by atoms with Crippen molar-refractivity contribution >= 4 is 39.1 Å². The van der Waals surface area contributed by atoms with E-state index < -0.39 is 28.5 Å². The van der Waals surface area contributed by atoms with Crippen LogP contribution in [0.4, 0.5) is 5.69 Å². The molecule has 0 radical (unpaired) electrons. The van der Waals surface area contributed by atoms with Gasteiger partial charge in [0.15, 0.2) is 0 Å². The lowest BCUT2D eigenvalue weighted by atomic mass is 10.1. The molecular formula is C28H32ClN3O5S. The van der Waals surface area contributed by atoms with Crippen LogP contribution < -0.4 is 14.4 Å². The molecule has 0 aliphatic heterocycles. The van der Waals surface area contributed by atoms with Crippen LogP contribution in [0.3, 0.4) is 0 Å². The maximum atomic E-state index is 13.8. The number of methoxy groups -OCH3 is 1. The van der Waals surface area contributed by atoms with Crippen LogP contribution in [0.2, 0.25) is 5.02 Å². The fourth-order valence-corrected chi connectivity index (χ4v) is 5.52. The third-order valence-corrected chi connectivity index (χ3v) is 8.05. The van der Waals surface area contributed by atoms with Crippen molar-refractivity contribution in [1.29, 1.82) is 0 Å². The van der Waals surface area contributed by atoms with Crippen LogP contribution in [-0.4, -0.2) is 57.9 Å². The standard InChI is InChI=1S/C28H32ClN3O5S/c1-4-30-28(34)21(2)31(18-17-22-9-6-5-7-10-22)27(33)20-32(24-12-8-11-23(29)19-24)38(35,36)26-15-13-25(37-3)14-16-26/h5-16,19,21H,4,17-18,20H2,1-3H3,(H,30,34)/t21-/m0/s1. The zero-order chi connectivity index (χ0) is 27.7. The Kier molecular flexibility index (Phi) is 10.2. The molecule has 0 fully saturated rings. The molecule has 202 valence electrons. The van der Waals surface area contributed by atoms with Crippen LogP contribution in [0.5, 0.6) is 5.75 Å². The van der Waals surface area contributed by atoms with Gasteiger partial charge in [-0.1, -0.05) is 48.0 Å². The SMILES string of the molecule is CCNC(=O)[C@H](C)N(CCc1ccccc1)C(=O)CN(c1cccc(Cl)c1)S(=O)(=O)c1ccc(OC)cc1. The predicted molar refractivity (Wildman–Crippen MR) is 149 cm³/mol. The normalized spacial score (nSPS) is 11.9. The van der Waals surface area contributed by atoms with E-state index in [0.29, 0.717) is 23.7 Å². The van der Waals surface area contributed by atoms with Gasteiger partial charge in [0, 0.05) is 18.1 Å². The van der Waals surface area contributed by atoms with Crippen molar-refractivity contribution < 1.29 is 22.7 Å². The third-order valence-electron chi connectivity index (χ3n) is 6.02. The number of nitrogens with zero attached hydrogens (tertiary/aromatic N) is 2. The largest absolute Gasteiger partial charge is 0.497 e. The van der Waals surface area contributed by atoms with Gasteiger partial charge in [-0.3, -0.25) is 13.9 Å². The number of amides is 2. The highest BCUT2D eigenvalue weighted by molar-refractivity contribution is 7.92. The summed E-state index contributed by atoms with van der Waals surface area (Å²) in [6.07, 6.45) is 0.499. The molecule has 0 heterocycles. The number of carbonyl (C=O) groups excluding carboxylic acids is 2. The molecule has 0 unspecified atom stereocenters. The number of likely N-dealkylation sites (N-methyl/N-ethyl adjacent to an activating group) is 1. The van der Waals surface area contributed by atoms with Gasteiger partial charge < -0.3 is 15.0 Å². The van der Waals surface area contributed by atoms with Gasteiger partial charge in [0.05, 0.1) is 17.7 Å². The molecule has 38 heavy (non-hydrogen) atoms. The highest BCUT2D eigenvalue weighted by Crippen LogP contribution is 2.27. The number of hydrogen-bond donors (Lipinski definition) is 1. The zero-order valence-corrected chi connectivity index (χ0v) is 23.2. The first-order valence-electron chi connectivity index (χ1n) is 12.2. The van der Waals surface area contributed by atoms with Crippen molar-refractivity contribution in [2.24, 2.45) is 0 Å². The minimum Gasteiger partial charge on any atom is -0.497 e. The molecule has 3 rings (SSSR count). The first-order valence-corrected chi connectivity index (χ1v) is 14.0. The first-order chi connectivity index (χ1) is 18.2. The Bertz CT molecular complexity index is 1330. The summed E-state index contributed by atoms with van der Waals surface area (Å²) in [4.78, 5) is 27.9. The second kappa shape index (κ2) is 13.3.